The van der Waals surface area contributed by atoms with Crippen LogP contribution in [0.2, 0.25) is 0 Å². The van der Waals surface area contributed by atoms with E-state index in [1.807, 2.05) is 0 Å². The maximum absolute atomic E-state index is 11.1. The van der Waals surface area contributed by atoms with Crippen LogP contribution < -0.4 is 0 Å². The Morgan fingerprint density at radius 2 is 1.92 bits per heavy atom. The average molecular weight is 173 g/mol. The Kier molecular flexibility index (Phi) is 4.33. The Balaban J connectivity index is 4.13. The highest BCUT2D eigenvalue weighted by Crippen LogP contribution is 1.98. The summed E-state index contributed by atoms with van der Waals surface area (Å²) in [5.41, 5.74) is 0. The van der Waals surface area contributed by atoms with E-state index in [4.69, 9.17) is 4.74 Å². The van der Waals surface area contributed by atoms with Gasteiger partial charge in [0.1, 0.15) is 0 Å². The lowest BCUT2D eigenvalue weighted by Crippen LogP contribution is -2.36. The van der Waals surface area contributed by atoms with Gasteiger partial charge in [-0.05, 0) is 20.8 Å². The van der Waals surface area contributed by atoms with Gasteiger partial charge in [0, 0.05) is 13.5 Å². The highest BCUT2D eigenvalue weighted by atomic mass is 16.6. The maximum atomic E-state index is 11.1. The van der Waals surface area contributed by atoms with Gasteiger partial charge in [-0.15, -0.1) is 0 Å². The molecular formula is C8H15NO3. The van der Waals surface area contributed by atoms with Crippen LogP contribution in [-0.2, 0) is 9.53 Å². The van der Waals surface area contributed by atoms with E-state index in [2.05, 4.69) is 0 Å². The molecule has 0 heterocycles. The lowest BCUT2D eigenvalue weighted by molar-refractivity contribution is -0.127. The molecule has 0 rings (SSSR count). The molecule has 0 spiro atoms. The third-order valence-corrected chi connectivity index (χ3v) is 1.25. The third kappa shape index (κ3) is 3.37. The molecule has 12 heavy (non-hydrogen) atoms. The van der Waals surface area contributed by atoms with Crippen molar-refractivity contribution in [2.45, 2.75) is 33.8 Å². The van der Waals surface area contributed by atoms with Crippen LogP contribution in [0.15, 0.2) is 0 Å². The van der Waals surface area contributed by atoms with E-state index in [0.717, 1.165) is 4.90 Å². The molecule has 4 heteroatoms. The zero-order chi connectivity index (χ0) is 9.72. The summed E-state index contributed by atoms with van der Waals surface area (Å²) in [5.74, 6) is -0.289. The van der Waals surface area contributed by atoms with E-state index in [9.17, 15) is 9.59 Å². The first-order valence-electron chi connectivity index (χ1n) is 3.97. The molecule has 0 aromatic rings. The lowest BCUT2D eigenvalue weighted by Gasteiger charge is -2.17. The number of carbonyl (C=O) groups excluding carboxylic acids is 2. The Morgan fingerprint density at radius 1 is 1.42 bits per heavy atom. The number of hydrogen-bond donors (Lipinski definition) is 0. The highest BCUT2D eigenvalue weighted by molar-refractivity contribution is 5.90. The predicted molar refractivity (Wildman–Crippen MR) is 44.7 cm³/mol. The predicted octanol–water partition coefficient (Wildman–Crippen LogP) is 1.40. The highest BCUT2D eigenvalue weighted by Gasteiger charge is 2.17. The van der Waals surface area contributed by atoms with E-state index in [1.165, 1.54) is 6.92 Å². The van der Waals surface area contributed by atoms with Gasteiger partial charge in [0.25, 0.3) is 0 Å². The molecule has 0 radical (unpaired) electrons. The molecule has 70 valence electrons. The quantitative estimate of drug-likeness (QED) is 0.634. The zero-order valence-electron chi connectivity index (χ0n) is 7.96. The zero-order valence-corrected chi connectivity index (χ0v) is 7.96. The van der Waals surface area contributed by atoms with Crippen molar-refractivity contribution in [3.05, 3.63) is 0 Å². The van der Waals surface area contributed by atoms with Gasteiger partial charge in [-0.3, -0.25) is 4.79 Å². The van der Waals surface area contributed by atoms with Crippen molar-refractivity contribution in [1.82, 2.24) is 4.90 Å². The van der Waals surface area contributed by atoms with Gasteiger partial charge in [-0.2, -0.15) is 0 Å². The molecule has 0 atom stereocenters. The van der Waals surface area contributed by atoms with Gasteiger partial charge in [-0.25, -0.2) is 9.69 Å². The van der Waals surface area contributed by atoms with Crippen molar-refractivity contribution in [2.75, 3.05) is 6.54 Å². The number of nitrogens with zero attached hydrogens (tertiary/aromatic N) is 1. The van der Waals surface area contributed by atoms with Crippen molar-refractivity contribution in [1.29, 1.82) is 0 Å². The molecule has 0 aromatic heterocycles. The van der Waals surface area contributed by atoms with Gasteiger partial charge in [0.15, 0.2) is 0 Å². The molecule has 0 aromatic carbocycles. The van der Waals surface area contributed by atoms with Gasteiger partial charge in [0.05, 0.1) is 6.10 Å². The molecular weight excluding hydrogens is 158 g/mol. The number of imide groups is 1. The van der Waals surface area contributed by atoms with E-state index >= 15 is 0 Å². The minimum Gasteiger partial charge on any atom is -0.446 e. The van der Waals surface area contributed by atoms with E-state index in [0.29, 0.717) is 6.54 Å². The van der Waals surface area contributed by atoms with E-state index < -0.39 is 6.09 Å². The molecule has 0 saturated carbocycles. The Labute approximate surface area is 72.5 Å². The summed E-state index contributed by atoms with van der Waals surface area (Å²) in [4.78, 5) is 23.0. The lowest BCUT2D eigenvalue weighted by atomic mass is 10.5. The molecule has 2 amide bonds. The van der Waals surface area contributed by atoms with Gasteiger partial charge in [0.2, 0.25) is 5.91 Å². The Hall–Kier alpha value is -1.06. The molecule has 0 aliphatic heterocycles. The van der Waals surface area contributed by atoms with E-state index in [-0.39, 0.29) is 12.0 Å². The normalized spacial score (nSPS) is 9.75. The third-order valence-electron chi connectivity index (χ3n) is 1.25. The molecule has 4 nitrogen and oxygen atoms in total. The van der Waals surface area contributed by atoms with Crippen LogP contribution in [0.3, 0.4) is 0 Å². The second kappa shape index (κ2) is 4.74. The van der Waals surface area contributed by atoms with Crippen molar-refractivity contribution in [2.24, 2.45) is 0 Å². The summed E-state index contributed by atoms with van der Waals surface area (Å²) in [6.45, 7) is 6.90. The SMILES string of the molecule is CCN(C(C)=O)C(=O)OC(C)C. The first-order chi connectivity index (χ1) is 5.49. The summed E-state index contributed by atoms with van der Waals surface area (Å²) in [6, 6.07) is 0. The number of ether oxygens (including phenoxy) is 1. The minimum absolute atomic E-state index is 0.189. The fraction of sp³-hybridized carbons (Fsp3) is 0.750. The fourth-order valence-corrected chi connectivity index (χ4v) is 0.746. The van der Waals surface area contributed by atoms with E-state index in [1.54, 1.807) is 20.8 Å². The van der Waals surface area contributed by atoms with Crippen LogP contribution in [0.5, 0.6) is 0 Å². The fourth-order valence-electron chi connectivity index (χ4n) is 0.746. The van der Waals surface area contributed by atoms with Crippen LogP contribution in [0.4, 0.5) is 4.79 Å². The van der Waals surface area contributed by atoms with Crippen LogP contribution in [-0.4, -0.2) is 29.5 Å². The average Bonchev–Trinajstić information content (AvgIpc) is 1.85. The number of hydrogen-bond acceptors (Lipinski definition) is 3. The standard InChI is InChI=1S/C8H15NO3/c1-5-9(7(4)10)8(11)12-6(2)3/h6H,5H2,1-4H3. The number of amides is 2. The van der Waals surface area contributed by atoms with Crippen molar-refractivity contribution in [3.8, 4) is 0 Å². The smallest absolute Gasteiger partial charge is 0.416 e. The summed E-state index contributed by atoms with van der Waals surface area (Å²) in [7, 11) is 0. The molecule has 0 unspecified atom stereocenters. The summed E-state index contributed by atoms with van der Waals surface area (Å²) in [5, 5.41) is 0. The molecule has 0 bridgehead atoms. The minimum atomic E-state index is -0.569. The topological polar surface area (TPSA) is 46.6 Å². The molecule has 0 aliphatic carbocycles. The summed E-state index contributed by atoms with van der Waals surface area (Å²) >= 11 is 0. The maximum Gasteiger partial charge on any atom is 0.416 e. The Bertz CT molecular complexity index is 177. The van der Waals surface area contributed by atoms with Crippen LogP contribution in [0, 0.1) is 0 Å². The second-order valence-electron chi connectivity index (χ2n) is 2.70. The second-order valence-corrected chi connectivity index (χ2v) is 2.70. The first-order valence-corrected chi connectivity index (χ1v) is 3.97. The monoisotopic (exact) mass is 173 g/mol. The van der Waals surface area contributed by atoms with Crippen molar-refractivity contribution in [3.63, 3.8) is 0 Å². The number of rotatable bonds is 2. The summed E-state index contributed by atoms with van der Waals surface area (Å²) < 4.78 is 4.83. The first kappa shape index (κ1) is 10.9. The number of carbonyl (C=O) groups is 2. The summed E-state index contributed by atoms with van der Waals surface area (Å²) in [6.07, 6.45) is -0.758. The molecule has 0 fully saturated rings. The molecule has 0 aliphatic rings. The van der Waals surface area contributed by atoms with Crippen LogP contribution in [0.25, 0.3) is 0 Å². The van der Waals surface area contributed by atoms with Crippen LogP contribution >= 0.6 is 0 Å². The Morgan fingerprint density at radius 3 is 2.17 bits per heavy atom. The largest absolute Gasteiger partial charge is 0.446 e. The van der Waals surface area contributed by atoms with Crippen molar-refractivity contribution >= 4 is 12.0 Å². The molecule has 0 saturated heterocycles. The van der Waals surface area contributed by atoms with Crippen molar-refractivity contribution < 1.29 is 14.3 Å². The van der Waals surface area contributed by atoms with Gasteiger partial charge in [-0.1, -0.05) is 0 Å². The molecule has 0 N–H and O–H groups in total. The van der Waals surface area contributed by atoms with Gasteiger partial charge < -0.3 is 4.74 Å². The van der Waals surface area contributed by atoms with Gasteiger partial charge >= 0.3 is 6.09 Å². The van der Waals surface area contributed by atoms with Crippen LogP contribution in [0.1, 0.15) is 27.7 Å².